The Balaban J connectivity index is 1.73. The van der Waals surface area contributed by atoms with Crippen molar-refractivity contribution in [2.75, 3.05) is 17.2 Å². The molecule has 4 aromatic rings. The van der Waals surface area contributed by atoms with Crippen LogP contribution in [0.3, 0.4) is 0 Å². The molecule has 0 fully saturated rings. The lowest BCUT2D eigenvalue weighted by molar-refractivity contribution is 0.416. The van der Waals surface area contributed by atoms with E-state index in [1.165, 1.54) is 6.26 Å². The molecule has 9 heteroatoms. The summed E-state index contributed by atoms with van der Waals surface area (Å²) in [5.74, 6) is 1.61. The molecule has 0 saturated carbocycles. The number of benzene rings is 1. The number of nitrogen functional groups attached to an aromatic ring is 1. The number of hydrogen-bond donors (Lipinski definition) is 1. The van der Waals surface area contributed by atoms with E-state index in [-0.39, 0.29) is 23.5 Å². The van der Waals surface area contributed by atoms with E-state index in [2.05, 4.69) is 25.1 Å². The zero-order valence-electron chi connectivity index (χ0n) is 13.9. The van der Waals surface area contributed by atoms with Crippen LogP contribution in [0.2, 0.25) is 0 Å². The third kappa shape index (κ3) is 2.97. The Labute approximate surface area is 148 Å². The van der Waals surface area contributed by atoms with Crippen LogP contribution in [0, 0.1) is 0 Å². The number of hydrogen-bond acceptors (Lipinski definition) is 9. The molecule has 0 spiro atoms. The highest BCUT2D eigenvalue weighted by atomic mass is 16.5. The zero-order valence-corrected chi connectivity index (χ0v) is 13.9. The molecule has 0 atom stereocenters. The van der Waals surface area contributed by atoms with Crippen molar-refractivity contribution in [2.45, 2.75) is 6.92 Å². The summed E-state index contributed by atoms with van der Waals surface area (Å²) in [6.45, 7) is 2.65. The third-order valence-corrected chi connectivity index (χ3v) is 3.62. The van der Waals surface area contributed by atoms with Crippen LogP contribution in [0.1, 0.15) is 6.92 Å². The van der Waals surface area contributed by atoms with Gasteiger partial charge in [-0.15, -0.1) is 0 Å². The van der Waals surface area contributed by atoms with Crippen LogP contribution in [0.15, 0.2) is 57.7 Å². The molecule has 0 aliphatic heterocycles. The molecule has 0 aliphatic rings. The van der Waals surface area contributed by atoms with Crippen LogP contribution in [-0.2, 0) is 0 Å². The van der Waals surface area contributed by atoms with Crippen LogP contribution in [0.5, 0.6) is 0 Å². The van der Waals surface area contributed by atoms with Crippen molar-refractivity contribution >= 4 is 17.6 Å². The molecule has 0 bridgehead atoms. The van der Waals surface area contributed by atoms with Gasteiger partial charge in [0.05, 0.1) is 6.26 Å². The molecule has 0 amide bonds. The Kier molecular flexibility index (Phi) is 4.02. The molecule has 0 unspecified atom stereocenters. The summed E-state index contributed by atoms with van der Waals surface area (Å²) in [7, 11) is 0. The molecule has 0 saturated heterocycles. The SMILES string of the molecule is CCN(c1ccccc1)c1nc(N)nc(-c2noc(-c3ccco3)n2)n1. The van der Waals surface area contributed by atoms with Crippen molar-refractivity contribution in [1.29, 1.82) is 0 Å². The minimum absolute atomic E-state index is 0.0729. The van der Waals surface area contributed by atoms with Gasteiger partial charge >= 0.3 is 0 Å². The fourth-order valence-corrected chi connectivity index (χ4v) is 2.46. The molecule has 9 nitrogen and oxygen atoms in total. The van der Waals surface area contributed by atoms with E-state index in [0.29, 0.717) is 18.3 Å². The largest absolute Gasteiger partial charge is 0.459 e. The lowest BCUT2D eigenvalue weighted by Gasteiger charge is -2.20. The summed E-state index contributed by atoms with van der Waals surface area (Å²) in [5, 5.41) is 3.91. The number of nitrogens with two attached hydrogens (primary N) is 1. The van der Waals surface area contributed by atoms with E-state index in [4.69, 9.17) is 14.7 Å². The van der Waals surface area contributed by atoms with Crippen molar-refractivity contribution in [3.63, 3.8) is 0 Å². The Morgan fingerprint density at radius 1 is 0.962 bits per heavy atom. The maximum absolute atomic E-state index is 5.88. The maximum atomic E-state index is 5.88. The molecule has 1 aromatic carbocycles. The number of aromatic nitrogens is 5. The summed E-state index contributed by atoms with van der Waals surface area (Å²) in [6.07, 6.45) is 1.53. The first-order valence-electron chi connectivity index (χ1n) is 7.96. The van der Waals surface area contributed by atoms with Gasteiger partial charge < -0.3 is 19.6 Å². The van der Waals surface area contributed by atoms with Crippen molar-refractivity contribution in [3.05, 3.63) is 48.7 Å². The van der Waals surface area contributed by atoms with Crippen LogP contribution in [-0.4, -0.2) is 31.6 Å². The first-order valence-corrected chi connectivity index (χ1v) is 7.96. The van der Waals surface area contributed by atoms with Gasteiger partial charge in [-0.25, -0.2) is 0 Å². The fourth-order valence-electron chi connectivity index (χ4n) is 2.46. The molecule has 0 aliphatic carbocycles. The van der Waals surface area contributed by atoms with Crippen molar-refractivity contribution in [3.8, 4) is 23.3 Å². The summed E-state index contributed by atoms with van der Waals surface area (Å²) in [5.41, 5.74) is 6.82. The van der Waals surface area contributed by atoms with Crippen LogP contribution < -0.4 is 10.6 Å². The van der Waals surface area contributed by atoms with Gasteiger partial charge in [-0.05, 0) is 31.2 Å². The van der Waals surface area contributed by atoms with Gasteiger partial charge in [-0.3, -0.25) is 0 Å². The average molecular weight is 349 g/mol. The monoisotopic (exact) mass is 349 g/mol. The topological polar surface area (TPSA) is 120 Å². The molecular weight excluding hydrogens is 334 g/mol. The Morgan fingerprint density at radius 2 is 1.81 bits per heavy atom. The number of para-hydroxylation sites is 1. The van der Waals surface area contributed by atoms with E-state index < -0.39 is 0 Å². The van der Waals surface area contributed by atoms with E-state index >= 15 is 0 Å². The van der Waals surface area contributed by atoms with Gasteiger partial charge in [0.2, 0.25) is 23.5 Å². The molecular formula is C17H15N7O2. The standard InChI is InChI=1S/C17H15N7O2/c1-2-24(11-7-4-3-5-8-11)17-21-13(20-16(18)22-17)14-19-15(26-23-14)12-9-6-10-25-12/h3-10H,2H2,1H3,(H2,18,20,21,22). The van der Waals surface area contributed by atoms with Gasteiger partial charge in [0, 0.05) is 12.2 Å². The predicted molar refractivity (Wildman–Crippen MR) is 94.4 cm³/mol. The smallest absolute Gasteiger partial charge is 0.294 e. The van der Waals surface area contributed by atoms with Gasteiger partial charge in [0.15, 0.2) is 5.76 Å². The molecule has 0 radical (unpaired) electrons. The van der Waals surface area contributed by atoms with Crippen LogP contribution >= 0.6 is 0 Å². The second-order valence-corrected chi connectivity index (χ2v) is 5.30. The lowest BCUT2D eigenvalue weighted by atomic mass is 10.3. The molecule has 2 N–H and O–H groups in total. The molecule has 3 aromatic heterocycles. The number of anilines is 3. The predicted octanol–water partition coefficient (Wildman–Crippen LogP) is 2.92. The normalized spacial score (nSPS) is 10.8. The summed E-state index contributed by atoms with van der Waals surface area (Å²) >= 11 is 0. The Morgan fingerprint density at radius 3 is 2.54 bits per heavy atom. The van der Waals surface area contributed by atoms with E-state index in [9.17, 15) is 0 Å². The van der Waals surface area contributed by atoms with E-state index in [0.717, 1.165) is 5.69 Å². The summed E-state index contributed by atoms with van der Waals surface area (Å²) in [4.78, 5) is 19.0. The van der Waals surface area contributed by atoms with Crippen molar-refractivity contribution < 1.29 is 8.94 Å². The number of rotatable bonds is 5. The molecule has 4 rings (SSSR count). The zero-order chi connectivity index (χ0) is 17.9. The minimum Gasteiger partial charge on any atom is -0.459 e. The minimum atomic E-state index is 0.0729. The number of nitrogens with zero attached hydrogens (tertiary/aromatic N) is 6. The van der Waals surface area contributed by atoms with E-state index in [1.807, 2.05) is 42.2 Å². The summed E-state index contributed by atoms with van der Waals surface area (Å²) in [6, 6.07) is 13.2. The van der Waals surface area contributed by atoms with Crippen molar-refractivity contribution in [2.24, 2.45) is 0 Å². The first-order chi connectivity index (χ1) is 12.7. The third-order valence-electron chi connectivity index (χ3n) is 3.62. The Hall–Kier alpha value is -3.75. The number of furan rings is 1. The van der Waals surface area contributed by atoms with Gasteiger partial charge in [0.25, 0.3) is 5.89 Å². The van der Waals surface area contributed by atoms with Crippen molar-refractivity contribution in [1.82, 2.24) is 25.1 Å². The molecule has 26 heavy (non-hydrogen) atoms. The average Bonchev–Trinajstić information content (AvgIpc) is 3.34. The van der Waals surface area contributed by atoms with Gasteiger partial charge in [-0.2, -0.15) is 19.9 Å². The fraction of sp³-hybridized carbons (Fsp3) is 0.118. The lowest BCUT2D eigenvalue weighted by Crippen LogP contribution is -2.20. The van der Waals surface area contributed by atoms with Gasteiger partial charge in [-0.1, -0.05) is 23.4 Å². The quantitative estimate of drug-likeness (QED) is 0.579. The second-order valence-electron chi connectivity index (χ2n) is 5.30. The molecule has 130 valence electrons. The second kappa shape index (κ2) is 6.63. The Bertz CT molecular complexity index is 999. The first kappa shape index (κ1) is 15.8. The summed E-state index contributed by atoms with van der Waals surface area (Å²) < 4.78 is 10.5. The molecule has 3 heterocycles. The van der Waals surface area contributed by atoms with E-state index in [1.54, 1.807) is 12.1 Å². The van der Waals surface area contributed by atoms with Crippen LogP contribution in [0.25, 0.3) is 23.3 Å². The van der Waals surface area contributed by atoms with Crippen LogP contribution in [0.4, 0.5) is 17.6 Å². The maximum Gasteiger partial charge on any atom is 0.294 e. The highest BCUT2D eigenvalue weighted by Gasteiger charge is 2.19. The van der Waals surface area contributed by atoms with Gasteiger partial charge in [0.1, 0.15) is 0 Å². The highest BCUT2D eigenvalue weighted by Crippen LogP contribution is 2.25. The highest BCUT2D eigenvalue weighted by molar-refractivity contribution is 5.60.